The molecule has 2 saturated heterocycles. The van der Waals surface area contributed by atoms with Crippen LogP contribution in [0.5, 0.6) is 0 Å². The van der Waals surface area contributed by atoms with Crippen molar-refractivity contribution in [3.63, 3.8) is 0 Å². The van der Waals surface area contributed by atoms with Crippen molar-refractivity contribution in [2.24, 2.45) is 0 Å². The summed E-state index contributed by atoms with van der Waals surface area (Å²) in [6, 6.07) is 4.29. The minimum atomic E-state index is -0.762. The third-order valence-corrected chi connectivity index (χ3v) is 6.86. The molecule has 2 atom stereocenters. The predicted octanol–water partition coefficient (Wildman–Crippen LogP) is 2.87. The average Bonchev–Trinajstić information content (AvgIpc) is 2.53. The summed E-state index contributed by atoms with van der Waals surface area (Å²) in [5.41, 5.74) is 3.91. The second kappa shape index (κ2) is 4.42. The Morgan fingerprint density at radius 3 is 2.05 bits per heavy atom. The van der Waals surface area contributed by atoms with E-state index in [0.29, 0.717) is 12.8 Å². The van der Waals surface area contributed by atoms with E-state index in [1.54, 1.807) is 0 Å². The summed E-state index contributed by atoms with van der Waals surface area (Å²) in [5, 5.41) is 11.6. The molecule has 1 aromatic carbocycles. The fourth-order valence-electron chi connectivity index (χ4n) is 4.20. The van der Waals surface area contributed by atoms with Crippen molar-refractivity contribution in [1.82, 2.24) is 0 Å². The molecule has 0 amide bonds. The van der Waals surface area contributed by atoms with E-state index >= 15 is 0 Å². The fraction of sp³-hybridized carbons (Fsp3) is 0.625. The number of aliphatic hydroxyl groups is 1. The quantitative estimate of drug-likeness (QED) is 0.857. The molecule has 0 aromatic heterocycles. The van der Waals surface area contributed by atoms with Gasteiger partial charge in [0.15, 0.2) is 0 Å². The van der Waals surface area contributed by atoms with Crippen molar-refractivity contribution < 1.29 is 9.32 Å². The standard InChI is InChI=1S/C16H22O2S/c1-10-6-11(2)15(12(3)7-10)16(17)8-13-4-5-14(9-16)19(13)18/h6-7,13-14,17H,4-5,8-9H2,1-3H3. The molecule has 2 aliphatic rings. The molecular formula is C16H22O2S. The molecule has 3 rings (SSSR count). The van der Waals surface area contributed by atoms with Crippen LogP contribution in [-0.2, 0) is 16.4 Å². The first-order chi connectivity index (χ1) is 8.90. The van der Waals surface area contributed by atoms with Crippen LogP contribution in [-0.4, -0.2) is 19.8 Å². The van der Waals surface area contributed by atoms with Crippen LogP contribution in [0.2, 0.25) is 0 Å². The molecule has 19 heavy (non-hydrogen) atoms. The number of rotatable bonds is 1. The fourth-order valence-corrected chi connectivity index (χ4v) is 6.36. The van der Waals surface area contributed by atoms with E-state index in [0.717, 1.165) is 18.4 Å². The highest BCUT2D eigenvalue weighted by molar-refractivity contribution is 7.86. The van der Waals surface area contributed by atoms with Gasteiger partial charge in [0.25, 0.3) is 0 Å². The second-order valence-corrected chi connectivity index (χ2v) is 8.35. The number of hydrogen-bond acceptors (Lipinski definition) is 2. The van der Waals surface area contributed by atoms with Crippen LogP contribution in [0.25, 0.3) is 0 Å². The monoisotopic (exact) mass is 278 g/mol. The minimum Gasteiger partial charge on any atom is -0.385 e. The van der Waals surface area contributed by atoms with Gasteiger partial charge >= 0.3 is 0 Å². The van der Waals surface area contributed by atoms with Crippen LogP contribution in [0, 0.1) is 20.8 Å². The van der Waals surface area contributed by atoms with E-state index in [1.165, 1.54) is 16.7 Å². The second-order valence-electron chi connectivity index (χ2n) is 6.36. The van der Waals surface area contributed by atoms with Gasteiger partial charge in [-0.3, -0.25) is 4.21 Å². The lowest BCUT2D eigenvalue weighted by Crippen LogP contribution is -2.41. The topological polar surface area (TPSA) is 37.3 Å². The van der Waals surface area contributed by atoms with E-state index in [-0.39, 0.29) is 10.5 Å². The smallest absolute Gasteiger partial charge is 0.0924 e. The summed E-state index contributed by atoms with van der Waals surface area (Å²) in [5.74, 6) is 0. The normalized spacial score (nSPS) is 37.6. The van der Waals surface area contributed by atoms with Crippen molar-refractivity contribution in [2.45, 2.75) is 62.6 Å². The molecule has 2 bridgehead atoms. The van der Waals surface area contributed by atoms with Crippen LogP contribution < -0.4 is 0 Å². The third-order valence-electron chi connectivity index (χ3n) is 4.74. The number of fused-ring (bicyclic) bond motifs is 2. The zero-order valence-corrected chi connectivity index (χ0v) is 12.7. The Labute approximate surface area is 117 Å². The average molecular weight is 278 g/mol. The Kier molecular flexibility index (Phi) is 3.10. The molecule has 1 aromatic rings. The SMILES string of the molecule is Cc1cc(C)c(C2(O)CC3CCC(C2)S3=O)c(C)c1. The summed E-state index contributed by atoms with van der Waals surface area (Å²) >= 11 is 0. The van der Waals surface area contributed by atoms with Gasteiger partial charge in [-0.25, -0.2) is 0 Å². The lowest BCUT2D eigenvalue weighted by molar-refractivity contribution is 0.0173. The summed E-state index contributed by atoms with van der Waals surface area (Å²) in [7, 11) is -0.717. The summed E-state index contributed by atoms with van der Waals surface area (Å²) < 4.78 is 12.1. The molecule has 2 nitrogen and oxygen atoms in total. The molecule has 0 saturated carbocycles. The van der Waals surface area contributed by atoms with E-state index < -0.39 is 16.4 Å². The van der Waals surface area contributed by atoms with Gasteiger partial charge in [0.1, 0.15) is 0 Å². The third kappa shape index (κ3) is 2.07. The van der Waals surface area contributed by atoms with Gasteiger partial charge in [-0.2, -0.15) is 0 Å². The van der Waals surface area contributed by atoms with Crippen molar-refractivity contribution in [1.29, 1.82) is 0 Å². The Hall–Kier alpha value is -0.670. The summed E-state index contributed by atoms with van der Waals surface area (Å²) in [4.78, 5) is 0. The molecule has 0 radical (unpaired) electrons. The number of benzene rings is 1. The molecule has 104 valence electrons. The maximum Gasteiger partial charge on any atom is 0.0924 e. The Morgan fingerprint density at radius 1 is 1.11 bits per heavy atom. The number of aryl methyl sites for hydroxylation is 3. The maximum atomic E-state index is 12.1. The van der Waals surface area contributed by atoms with Gasteiger partial charge in [-0.15, -0.1) is 0 Å². The minimum absolute atomic E-state index is 0.198. The van der Waals surface area contributed by atoms with Crippen LogP contribution >= 0.6 is 0 Å². The van der Waals surface area contributed by atoms with Crippen molar-refractivity contribution in [2.75, 3.05) is 0 Å². The Balaban J connectivity index is 2.05. The highest BCUT2D eigenvalue weighted by Crippen LogP contribution is 2.47. The highest BCUT2D eigenvalue weighted by Gasteiger charge is 2.49. The van der Waals surface area contributed by atoms with Crippen molar-refractivity contribution in [3.05, 3.63) is 34.4 Å². The number of hydrogen-bond donors (Lipinski definition) is 1. The van der Waals surface area contributed by atoms with Crippen molar-refractivity contribution >= 4 is 10.8 Å². The molecule has 1 N–H and O–H groups in total. The van der Waals surface area contributed by atoms with E-state index in [1.807, 2.05) is 0 Å². The van der Waals surface area contributed by atoms with E-state index in [9.17, 15) is 9.32 Å². The van der Waals surface area contributed by atoms with Gasteiger partial charge < -0.3 is 5.11 Å². The summed E-state index contributed by atoms with van der Waals surface area (Å²) in [6.45, 7) is 6.26. The lowest BCUT2D eigenvalue weighted by Gasteiger charge is -2.38. The van der Waals surface area contributed by atoms with Crippen molar-refractivity contribution in [3.8, 4) is 0 Å². The van der Waals surface area contributed by atoms with Crippen LogP contribution in [0.15, 0.2) is 12.1 Å². The van der Waals surface area contributed by atoms with Gasteiger partial charge in [-0.05, 0) is 63.1 Å². The summed E-state index contributed by atoms with van der Waals surface area (Å²) in [6.07, 6.45) is 3.37. The zero-order chi connectivity index (χ0) is 13.8. The molecule has 2 unspecified atom stereocenters. The first kappa shape index (κ1) is 13.3. The van der Waals surface area contributed by atoms with Gasteiger partial charge in [0.05, 0.1) is 5.60 Å². The zero-order valence-electron chi connectivity index (χ0n) is 11.9. The first-order valence-electron chi connectivity index (χ1n) is 7.11. The van der Waals surface area contributed by atoms with Gasteiger partial charge in [0, 0.05) is 21.3 Å². The molecular weight excluding hydrogens is 256 g/mol. The highest BCUT2D eigenvalue weighted by atomic mass is 32.2. The van der Waals surface area contributed by atoms with Gasteiger partial charge in [0.2, 0.25) is 0 Å². The molecule has 2 fully saturated rings. The Morgan fingerprint density at radius 2 is 1.58 bits per heavy atom. The molecule has 0 spiro atoms. The first-order valence-corrected chi connectivity index (χ1v) is 8.38. The van der Waals surface area contributed by atoms with E-state index in [4.69, 9.17) is 0 Å². The molecule has 2 aliphatic heterocycles. The lowest BCUT2D eigenvalue weighted by atomic mass is 9.80. The Bertz CT molecular complexity index is 511. The molecule has 2 heterocycles. The van der Waals surface area contributed by atoms with E-state index in [2.05, 4.69) is 32.9 Å². The van der Waals surface area contributed by atoms with Gasteiger partial charge in [-0.1, -0.05) is 17.7 Å². The molecule has 3 heteroatoms. The predicted molar refractivity (Wildman–Crippen MR) is 78.7 cm³/mol. The van der Waals surface area contributed by atoms with Crippen LogP contribution in [0.4, 0.5) is 0 Å². The van der Waals surface area contributed by atoms with Crippen LogP contribution in [0.3, 0.4) is 0 Å². The largest absolute Gasteiger partial charge is 0.385 e. The molecule has 0 aliphatic carbocycles. The maximum absolute atomic E-state index is 12.1. The van der Waals surface area contributed by atoms with Crippen LogP contribution in [0.1, 0.15) is 47.9 Å².